The minimum absolute atomic E-state index is 0.0311. The number of carbonyl (C=O) groups excluding carboxylic acids is 4. The first kappa shape index (κ1) is 32.3. The molecule has 6 heterocycles. The fourth-order valence-electron chi connectivity index (χ4n) is 5.51. The zero-order chi connectivity index (χ0) is 34.5. The molecule has 21 nitrogen and oxygen atoms in total. The topological polar surface area (TPSA) is 294 Å². The maximum Gasteiger partial charge on any atom is 0.499 e. The minimum Gasteiger partial charge on any atom is -0.504 e. The van der Waals surface area contributed by atoms with Crippen molar-refractivity contribution >= 4 is 57.9 Å². The number of oxime groups is 1. The van der Waals surface area contributed by atoms with Gasteiger partial charge in [-0.25, -0.2) is 24.3 Å². The summed E-state index contributed by atoms with van der Waals surface area (Å²) >= 11 is 0.935. The number of hydroxylamine groups is 2. The largest absolute Gasteiger partial charge is 0.504 e. The first-order valence-corrected chi connectivity index (χ1v) is 14.9. The predicted molar refractivity (Wildman–Crippen MR) is 150 cm³/mol. The summed E-state index contributed by atoms with van der Waals surface area (Å²) in [6.07, 6.45) is -0.0314. The molecule has 7 N–H and O–H groups in total. The number of carbonyl (C=O) groups is 6. The number of amides is 3. The Hall–Kier alpha value is -5.61. The number of fused-ring (bicyclic) bond motifs is 1. The van der Waals surface area contributed by atoms with E-state index in [1.807, 2.05) is 0 Å². The molecule has 3 saturated heterocycles. The molecular formula is C26H26N7O14S+. The molecule has 48 heavy (non-hydrogen) atoms. The number of ether oxygens (including phenoxy) is 2. The first-order valence-electron chi connectivity index (χ1n) is 14.1. The van der Waals surface area contributed by atoms with Crippen molar-refractivity contribution in [3.05, 3.63) is 29.0 Å². The zero-order valence-electron chi connectivity index (χ0n) is 24.4. The summed E-state index contributed by atoms with van der Waals surface area (Å²) in [7, 11) is 0. The number of esters is 1. The number of aromatic hydroxyl groups is 2. The molecule has 6 rings (SSSR count). The summed E-state index contributed by atoms with van der Waals surface area (Å²) in [5, 5.41) is 47.3. The van der Waals surface area contributed by atoms with Gasteiger partial charge in [-0.15, -0.1) is 11.3 Å². The molecule has 2 aromatic rings. The molecule has 0 aliphatic carbocycles. The van der Waals surface area contributed by atoms with Crippen LogP contribution in [-0.2, 0) is 49.7 Å². The third-order valence-electron chi connectivity index (χ3n) is 8.12. The van der Waals surface area contributed by atoms with Gasteiger partial charge < -0.3 is 45.8 Å². The molecule has 3 fully saturated rings. The molecule has 0 spiro atoms. The molecule has 22 heteroatoms. The molecule has 2 unspecified atom stereocenters. The number of nitrogens with two attached hydrogens (primary N) is 1. The quantitative estimate of drug-likeness (QED) is 0.0692. The molecule has 0 saturated carbocycles. The molecule has 4 aliphatic heterocycles. The number of aromatic nitrogens is 2. The van der Waals surface area contributed by atoms with E-state index in [2.05, 4.69) is 15.5 Å². The molecule has 254 valence electrons. The maximum atomic E-state index is 13.5. The summed E-state index contributed by atoms with van der Waals surface area (Å²) in [5.41, 5.74) is 0.627. The number of thiazole rings is 1. The monoisotopic (exact) mass is 692 g/mol. The van der Waals surface area contributed by atoms with Crippen LogP contribution in [0.1, 0.15) is 30.7 Å². The fraction of sp³-hybridized carbons (Fsp3) is 0.423. The van der Waals surface area contributed by atoms with Crippen molar-refractivity contribution < 1.29 is 72.9 Å². The Morgan fingerprint density at radius 1 is 1.15 bits per heavy atom. The number of nitrogens with one attached hydrogen (secondary N) is 1. The average molecular weight is 693 g/mol. The Kier molecular flexibility index (Phi) is 8.00. The van der Waals surface area contributed by atoms with Gasteiger partial charge in [0.1, 0.15) is 24.5 Å². The van der Waals surface area contributed by atoms with Gasteiger partial charge in [-0.2, -0.15) is 14.4 Å². The van der Waals surface area contributed by atoms with Gasteiger partial charge in [0, 0.05) is 24.3 Å². The number of carboxylic acid groups (broad SMARTS) is 2. The molecular weight excluding hydrogens is 666 g/mol. The van der Waals surface area contributed by atoms with Gasteiger partial charge in [-0.3, -0.25) is 14.4 Å². The second-order valence-electron chi connectivity index (χ2n) is 11.0. The molecule has 4 aliphatic rings. The highest BCUT2D eigenvalue weighted by Gasteiger charge is 2.66. The minimum atomic E-state index is -2.76. The van der Waals surface area contributed by atoms with Crippen LogP contribution in [0.3, 0.4) is 0 Å². The van der Waals surface area contributed by atoms with E-state index >= 15 is 0 Å². The van der Waals surface area contributed by atoms with Crippen LogP contribution in [0.5, 0.6) is 11.5 Å². The number of cyclic esters (lactones) is 1. The summed E-state index contributed by atoms with van der Waals surface area (Å²) in [4.78, 5) is 93.2. The Balaban J connectivity index is 1.21. The summed E-state index contributed by atoms with van der Waals surface area (Å²) in [6, 6.07) is -2.86. The third-order valence-corrected chi connectivity index (χ3v) is 8.79. The Morgan fingerprint density at radius 2 is 1.88 bits per heavy atom. The van der Waals surface area contributed by atoms with Crippen LogP contribution in [0.2, 0.25) is 0 Å². The third kappa shape index (κ3) is 5.33. The standard InChI is InChI=1S/C26H25N7O14S/c27-23-29-13(10-48-23)17(30-47-25(21(39)40)1-3-44-4-2-25)18(36)28-12-9-45-33(19(12)37)26(22(41)42)6-14(20(38)46-26)32-7-11-5-15(34)16(35)8-31(11)24(32)43/h5,8,10,12,14H,1-4,6-7,9H2,(H6,27,28,29,35,36,39,40,41,42)/p+1/b30-17-/t12-,14?,26?/m0/s1. The number of nitrogens with zero attached hydrogens (tertiary/aromatic N) is 5. The Labute approximate surface area is 271 Å². The van der Waals surface area contributed by atoms with E-state index in [0.717, 1.165) is 33.1 Å². The van der Waals surface area contributed by atoms with E-state index in [0.29, 0.717) is 0 Å². The van der Waals surface area contributed by atoms with Crippen LogP contribution in [0.25, 0.3) is 0 Å². The number of carboxylic acids is 2. The summed E-state index contributed by atoms with van der Waals surface area (Å²) in [6.45, 7) is -0.804. The summed E-state index contributed by atoms with van der Waals surface area (Å²) in [5.74, 6) is -7.75. The lowest BCUT2D eigenvalue weighted by atomic mass is 9.95. The van der Waals surface area contributed by atoms with E-state index in [9.17, 15) is 49.2 Å². The lowest BCUT2D eigenvalue weighted by Crippen LogP contribution is -2.57. The van der Waals surface area contributed by atoms with E-state index < -0.39 is 89.4 Å². The van der Waals surface area contributed by atoms with Crippen molar-refractivity contribution in [2.75, 3.05) is 25.6 Å². The highest BCUT2D eigenvalue weighted by molar-refractivity contribution is 7.13. The van der Waals surface area contributed by atoms with Crippen molar-refractivity contribution in [2.24, 2.45) is 5.16 Å². The Morgan fingerprint density at radius 3 is 2.52 bits per heavy atom. The molecule has 3 amide bonds. The van der Waals surface area contributed by atoms with Gasteiger partial charge in [0.05, 0.1) is 19.6 Å². The van der Waals surface area contributed by atoms with Gasteiger partial charge in [-0.05, 0) is 0 Å². The number of rotatable bonds is 9. The zero-order valence-corrected chi connectivity index (χ0v) is 25.2. The van der Waals surface area contributed by atoms with Crippen LogP contribution in [0.4, 0.5) is 9.93 Å². The number of hydrogen-bond acceptors (Lipinski definition) is 16. The van der Waals surface area contributed by atoms with Gasteiger partial charge in [-0.1, -0.05) is 5.16 Å². The maximum absolute atomic E-state index is 13.5. The van der Waals surface area contributed by atoms with Crippen LogP contribution in [0.15, 0.2) is 22.8 Å². The lowest BCUT2D eigenvalue weighted by Gasteiger charge is -2.30. The van der Waals surface area contributed by atoms with Crippen molar-refractivity contribution in [1.82, 2.24) is 20.3 Å². The van der Waals surface area contributed by atoms with Crippen LogP contribution < -0.4 is 15.6 Å². The van der Waals surface area contributed by atoms with E-state index in [-0.39, 0.29) is 54.2 Å². The van der Waals surface area contributed by atoms with Gasteiger partial charge in [0.25, 0.3) is 11.8 Å². The number of pyridine rings is 1. The normalized spacial score (nSPS) is 25.2. The van der Waals surface area contributed by atoms with E-state index in [4.69, 9.17) is 24.9 Å². The number of nitrogen functional groups attached to an aromatic ring is 1. The SMILES string of the molecule is Nc1nc(/C(=N/OC2(C(=O)O)CCOCC2)C(=O)N[C@H]2CON(C3(C(=O)O)CC(N4Cc5cc(O)c(O)c[n+]5C4=O)C(=O)O3)C2=O)cs1. The van der Waals surface area contributed by atoms with Crippen LogP contribution in [-0.4, -0.2) is 120 Å². The average Bonchev–Trinajstić information content (AvgIpc) is 3.80. The second-order valence-corrected chi connectivity index (χ2v) is 11.9. The molecule has 0 bridgehead atoms. The molecule has 3 atom stereocenters. The highest BCUT2D eigenvalue weighted by Crippen LogP contribution is 2.38. The molecule has 0 aromatic carbocycles. The number of aliphatic carboxylic acids is 2. The fourth-order valence-corrected chi connectivity index (χ4v) is 6.06. The van der Waals surface area contributed by atoms with Gasteiger partial charge >= 0.3 is 29.7 Å². The van der Waals surface area contributed by atoms with Gasteiger partial charge in [0.15, 0.2) is 34.6 Å². The highest BCUT2D eigenvalue weighted by atomic mass is 32.1. The number of hydrogen-bond donors (Lipinski definition) is 6. The second kappa shape index (κ2) is 11.9. The Bertz CT molecular complexity index is 1770. The van der Waals surface area contributed by atoms with Crippen molar-refractivity contribution in [2.45, 2.75) is 49.2 Å². The van der Waals surface area contributed by atoms with E-state index in [1.165, 1.54) is 5.38 Å². The molecule has 0 radical (unpaired) electrons. The predicted octanol–water partition coefficient (Wildman–Crippen LogP) is -2.38. The lowest BCUT2D eigenvalue weighted by molar-refractivity contribution is -0.573. The summed E-state index contributed by atoms with van der Waals surface area (Å²) < 4.78 is 11.3. The van der Waals surface area contributed by atoms with Crippen molar-refractivity contribution in [3.63, 3.8) is 0 Å². The van der Waals surface area contributed by atoms with Crippen LogP contribution in [0, 0.1) is 0 Å². The van der Waals surface area contributed by atoms with Gasteiger partial charge in [0.2, 0.25) is 11.6 Å². The van der Waals surface area contributed by atoms with Crippen molar-refractivity contribution in [3.8, 4) is 11.5 Å². The van der Waals surface area contributed by atoms with Crippen molar-refractivity contribution in [1.29, 1.82) is 0 Å². The van der Waals surface area contributed by atoms with E-state index in [1.54, 1.807) is 0 Å². The first-order chi connectivity index (χ1) is 22.8. The molecule has 2 aromatic heterocycles. The smallest absolute Gasteiger partial charge is 0.499 e. The number of anilines is 1. The van der Waals surface area contributed by atoms with Crippen LogP contribution >= 0.6 is 11.3 Å².